The number of hydrogen-bond acceptors (Lipinski definition) is 6. The SMILES string of the molecule is CCO/C=C(\C(=O)c1ccc2c(c1SC)OC(F)(F)O2)C(=O)C1CC1. The molecule has 134 valence electrons. The van der Waals surface area contributed by atoms with E-state index in [4.69, 9.17) is 4.74 Å². The predicted octanol–water partition coefficient (Wildman–Crippen LogP) is 3.81. The molecule has 1 fully saturated rings. The smallest absolute Gasteiger partial charge is 0.501 e. The molecular weight excluding hydrogens is 354 g/mol. The lowest BCUT2D eigenvalue weighted by atomic mass is 9.98. The molecule has 0 spiro atoms. The molecule has 1 aromatic carbocycles. The number of rotatable bonds is 7. The highest BCUT2D eigenvalue weighted by Gasteiger charge is 2.45. The molecule has 5 nitrogen and oxygen atoms in total. The molecule has 0 bridgehead atoms. The monoisotopic (exact) mass is 370 g/mol. The van der Waals surface area contributed by atoms with Crippen molar-refractivity contribution in [2.24, 2.45) is 5.92 Å². The number of fused-ring (bicyclic) bond motifs is 1. The normalized spacial score (nSPS) is 18.2. The Hall–Kier alpha value is -2.09. The van der Waals surface area contributed by atoms with Gasteiger partial charge in [0, 0.05) is 11.5 Å². The topological polar surface area (TPSA) is 61.8 Å². The van der Waals surface area contributed by atoms with E-state index in [9.17, 15) is 18.4 Å². The summed E-state index contributed by atoms with van der Waals surface area (Å²) in [4.78, 5) is 25.5. The molecule has 1 saturated carbocycles. The van der Waals surface area contributed by atoms with Gasteiger partial charge in [-0.05, 0) is 38.2 Å². The fraction of sp³-hybridized carbons (Fsp3) is 0.412. The lowest BCUT2D eigenvalue weighted by Gasteiger charge is -2.11. The van der Waals surface area contributed by atoms with Gasteiger partial charge in [-0.1, -0.05) is 0 Å². The van der Waals surface area contributed by atoms with Gasteiger partial charge in [-0.15, -0.1) is 20.5 Å². The van der Waals surface area contributed by atoms with Gasteiger partial charge in [0.25, 0.3) is 0 Å². The van der Waals surface area contributed by atoms with Crippen LogP contribution in [0.3, 0.4) is 0 Å². The summed E-state index contributed by atoms with van der Waals surface area (Å²) >= 11 is 1.07. The quantitative estimate of drug-likeness (QED) is 0.182. The van der Waals surface area contributed by atoms with Crippen LogP contribution >= 0.6 is 11.8 Å². The molecule has 2 aliphatic rings. The van der Waals surface area contributed by atoms with Crippen molar-refractivity contribution in [3.8, 4) is 11.5 Å². The number of halogens is 2. The van der Waals surface area contributed by atoms with Crippen LogP contribution in [0.1, 0.15) is 30.1 Å². The molecule has 1 heterocycles. The average molecular weight is 370 g/mol. The van der Waals surface area contributed by atoms with Crippen LogP contribution in [0.25, 0.3) is 0 Å². The number of benzene rings is 1. The number of carbonyl (C=O) groups is 2. The Bertz CT molecular complexity index is 756. The number of alkyl halides is 2. The number of ether oxygens (including phenoxy) is 3. The van der Waals surface area contributed by atoms with Crippen molar-refractivity contribution in [1.29, 1.82) is 0 Å². The van der Waals surface area contributed by atoms with Crippen molar-refractivity contribution in [3.63, 3.8) is 0 Å². The van der Waals surface area contributed by atoms with Crippen LogP contribution in [0.5, 0.6) is 11.5 Å². The highest BCUT2D eigenvalue weighted by Crippen LogP contribution is 2.48. The summed E-state index contributed by atoms with van der Waals surface area (Å²) in [6.45, 7) is 2.04. The first-order valence-corrected chi connectivity index (χ1v) is 8.98. The summed E-state index contributed by atoms with van der Waals surface area (Å²) < 4.78 is 40.7. The van der Waals surface area contributed by atoms with Gasteiger partial charge in [-0.2, -0.15) is 0 Å². The second-order valence-corrected chi connectivity index (χ2v) is 6.41. The van der Waals surface area contributed by atoms with E-state index in [0.29, 0.717) is 6.61 Å². The summed E-state index contributed by atoms with van der Waals surface area (Å²) in [6, 6.07) is 2.60. The maximum Gasteiger partial charge on any atom is 0.586 e. The third kappa shape index (κ3) is 3.49. The third-order valence-electron chi connectivity index (χ3n) is 3.80. The zero-order valence-corrected chi connectivity index (χ0v) is 14.5. The molecule has 0 aromatic heterocycles. The first-order chi connectivity index (χ1) is 11.9. The summed E-state index contributed by atoms with van der Waals surface area (Å²) in [5.74, 6) is -1.37. The van der Waals surface area contributed by atoms with Crippen LogP contribution in [0.15, 0.2) is 28.9 Å². The Morgan fingerprint density at radius 3 is 2.68 bits per heavy atom. The molecule has 1 aliphatic heterocycles. The Labute approximate surface area is 147 Å². The van der Waals surface area contributed by atoms with Crippen LogP contribution in [0, 0.1) is 5.92 Å². The Balaban J connectivity index is 2.00. The summed E-state index contributed by atoms with van der Waals surface area (Å²) in [5, 5.41) is 0. The second-order valence-electron chi connectivity index (χ2n) is 5.60. The molecule has 0 atom stereocenters. The van der Waals surface area contributed by atoms with E-state index in [1.54, 1.807) is 13.2 Å². The van der Waals surface area contributed by atoms with Crippen LogP contribution in [0.2, 0.25) is 0 Å². The summed E-state index contributed by atoms with van der Waals surface area (Å²) in [7, 11) is 0. The van der Waals surface area contributed by atoms with Gasteiger partial charge >= 0.3 is 6.29 Å². The van der Waals surface area contributed by atoms with E-state index >= 15 is 0 Å². The van der Waals surface area contributed by atoms with E-state index in [-0.39, 0.29) is 39.2 Å². The molecule has 8 heteroatoms. The van der Waals surface area contributed by atoms with E-state index < -0.39 is 12.1 Å². The summed E-state index contributed by atoms with van der Waals surface area (Å²) in [6.07, 6.45) is 0.478. The molecule has 1 aromatic rings. The van der Waals surface area contributed by atoms with Crippen LogP contribution < -0.4 is 9.47 Å². The number of thioether (sulfide) groups is 1. The lowest BCUT2D eigenvalue weighted by molar-refractivity contribution is -0.287. The van der Waals surface area contributed by atoms with Crippen LogP contribution in [-0.4, -0.2) is 30.7 Å². The van der Waals surface area contributed by atoms with Crippen molar-refractivity contribution in [2.45, 2.75) is 31.0 Å². The molecule has 0 amide bonds. The minimum absolute atomic E-state index is 0.0784. The van der Waals surface area contributed by atoms with Gasteiger partial charge in [0.1, 0.15) is 5.57 Å². The maximum atomic E-state index is 13.3. The molecule has 0 unspecified atom stereocenters. The standard InChI is InChI=1S/C17H16F2O5S/c1-3-22-8-11(13(20)9-4-5-9)14(21)10-6-7-12-15(16(10)25-2)24-17(18,19)23-12/h6-9H,3-5H2,1-2H3/b11-8-. The number of allylic oxidation sites excluding steroid dienone is 1. The zero-order valence-electron chi connectivity index (χ0n) is 13.6. The van der Waals surface area contributed by atoms with Gasteiger partial charge < -0.3 is 14.2 Å². The van der Waals surface area contributed by atoms with Crippen molar-refractivity contribution >= 4 is 23.3 Å². The number of carbonyl (C=O) groups excluding carboxylic acids is 2. The van der Waals surface area contributed by atoms with Gasteiger partial charge in [-0.25, -0.2) is 0 Å². The van der Waals surface area contributed by atoms with Gasteiger partial charge in [0.2, 0.25) is 5.78 Å². The molecule has 25 heavy (non-hydrogen) atoms. The molecule has 3 rings (SSSR count). The molecule has 0 radical (unpaired) electrons. The van der Waals surface area contributed by atoms with Crippen molar-refractivity contribution < 1.29 is 32.6 Å². The fourth-order valence-corrected chi connectivity index (χ4v) is 3.18. The maximum absolute atomic E-state index is 13.3. The Kier molecular flexibility index (Phi) is 4.73. The Morgan fingerprint density at radius 1 is 1.36 bits per heavy atom. The number of hydrogen-bond donors (Lipinski definition) is 0. The predicted molar refractivity (Wildman–Crippen MR) is 86.2 cm³/mol. The second kappa shape index (κ2) is 6.67. The van der Waals surface area contributed by atoms with Crippen molar-refractivity contribution in [1.82, 2.24) is 0 Å². The van der Waals surface area contributed by atoms with E-state index in [2.05, 4.69) is 9.47 Å². The van der Waals surface area contributed by atoms with Crippen LogP contribution in [-0.2, 0) is 9.53 Å². The molecule has 0 saturated heterocycles. The van der Waals surface area contributed by atoms with E-state index in [1.807, 2.05) is 0 Å². The third-order valence-corrected chi connectivity index (χ3v) is 4.61. The fourth-order valence-electron chi connectivity index (χ4n) is 2.47. The van der Waals surface area contributed by atoms with Gasteiger partial charge in [-0.3, -0.25) is 9.59 Å². The van der Waals surface area contributed by atoms with E-state index in [0.717, 1.165) is 30.9 Å². The van der Waals surface area contributed by atoms with Crippen LogP contribution in [0.4, 0.5) is 8.78 Å². The first kappa shape index (κ1) is 17.7. The van der Waals surface area contributed by atoms with Crippen molar-refractivity contribution in [2.75, 3.05) is 12.9 Å². The van der Waals surface area contributed by atoms with Gasteiger partial charge in [0.15, 0.2) is 17.3 Å². The molecular formula is C17H16F2O5S. The lowest BCUT2D eigenvalue weighted by Crippen LogP contribution is -2.26. The summed E-state index contributed by atoms with van der Waals surface area (Å²) in [5.41, 5.74) is 0.0257. The van der Waals surface area contributed by atoms with Gasteiger partial charge in [0.05, 0.1) is 17.8 Å². The molecule has 1 aliphatic carbocycles. The number of ketones is 2. The zero-order chi connectivity index (χ0) is 18.2. The minimum atomic E-state index is -3.78. The highest BCUT2D eigenvalue weighted by atomic mass is 32.2. The van der Waals surface area contributed by atoms with Crippen molar-refractivity contribution in [3.05, 3.63) is 29.5 Å². The minimum Gasteiger partial charge on any atom is -0.501 e. The Morgan fingerprint density at radius 2 is 2.08 bits per heavy atom. The molecule has 0 N–H and O–H groups in total. The average Bonchev–Trinajstić information content (AvgIpc) is 3.36. The highest BCUT2D eigenvalue weighted by molar-refractivity contribution is 7.98. The van der Waals surface area contributed by atoms with E-state index in [1.165, 1.54) is 12.1 Å². The largest absolute Gasteiger partial charge is 0.586 e. The first-order valence-electron chi connectivity index (χ1n) is 7.75. The number of Topliss-reactive ketones (excluding diaryl/α,β-unsaturated/α-hetero) is 2.